The summed E-state index contributed by atoms with van der Waals surface area (Å²) in [6, 6.07) is 42.1. The van der Waals surface area contributed by atoms with Gasteiger partial charge in [-0.25, -0.2) is 0 Å². The lowest BCUT2D eigenvalue weighted by Crippen LogP contribution is -2.19. The first kappa shape index (κ1) is 31.3. The third-order valence-corrected chi connectivity index (χ3v) is 13.1. The Morgan fingerprint density at radius 1 is 0.520 bits per heavy atom. The van der Waals surface area contributed by atoms with Crippen LogP contribution in [0.1, 0.15) is 87.4 Å². The molecule has 7 aromatic rings. The van der Waals surface area contributed by atoms with Gasteiger partial charge in [-0.15, -0.1) is 11.3 Å². The summed E-state index contributed by atoms with van der Waals surface area (Å²) in [5, 5.41) is 2.69. The molecule has 0 bridgehead atoms. The van der Waals surface area contributed by atoms with Gasteiger partial charge >= 0.3 is 0 Å². The van der Waals surface area contributed by atoms with E-state index < -0.39 is 0 Å². The second-order valence-electron chi connectivity index (χ2n) is 16.8. The number of rotatable bonds is 3. The maximum absolute atomic E-state index is 2.54. The van der Waals surface area contributed by atoms with Crippen LogP contribution in [-0.2, 0) is 16.2 Å². The number of fused-ring (bicyclic) bond motifs is 9. The lowest BCUT2D eigenvalue weighted by Gasteiger charge is -2.30. The third-order valence-electron chi connectivity index (χ3n) is 11.8. The van der Waals surface area contributed by atoms with Gasteiger partial charge in [0.1, 0.15) is 0 Å². The highest BCUT2D eigenvalue weighted by atomic mass is 32.1. The van der Waals surface area contributed by atoms with E-state index >= 15 is 0 Å². The number of aryl methyl sites for hydroxylation is 2. The second-order valence-corrected chi connectivity index (χ2v) is 17.8. The van der Waals surface area contributed by atoms with Gasteiger partial charge in [-0.2, -0.15) is 0 Å². The van der Waals surface area contributed by atoms with Crippen molar-refractivity contribution in [3.05, 3.63) is 148 Å². The lowest BCUT2D eigenvalue weighted by atomic mass is 9.79. The van der Waals surface area contributed by atoms with Crippen molar-refractivity contribution >= 4 is 48.6 Å². The third kappa shape index (κ3) is 4.37. The van der Waals surface area contributed by atoms with Crippen molar-refractivity contribution in [3.8, 4) is 22.3 Å². The maximum atomic E-state index is 2.54. The Kier molecular flexibility index (Phi) is 6.54. The molecule has 0 N–H and O–H groups in total. The van der Waals surface area contributed by atoms with E-state index in [4.69, 9.17) is 0 Å². The molecule has 0 amide bonds. The van der Waals surface area contributed by atoms with Crippen LogP contribution in [0.5, 0.6) is 0 Å². The van der Waals surface area contributed by atoms with E-state index in [1.165, 1.54) is 98.4 Å². The van der Waals surface area contributed by atoms with E-state index in [9.17, 15) is 0 Å². The first-order valence-electron chi connectivity index (χ1n) is 18.0. The van der Waals surface area contributed by atoms with E-state index in [0.717, 1.165) is 0 Å². The average Bonchev–Trinajstić information content (AvgIpc) is 3.65. The van der Waals surface area contributed by atoms with Crippen LogP contribution in [-0.4, -0.2) is 0 Å². The monoisotopic (exact) mass is 667 g/mol. The van der Waals surface area contributed by atoms with Crippen LogP contribution in [0.3, 0.4) is 0 Å². The van der Waals surface area contributed by atoms with Crippen LogP contribution in [0.4, 0.5) is 17.1 Å². The molecule has 0 aliphatic heterocycles. The van der Waals surface area contributed by atoms with Gasteiger partial charge in [0, 0.05) is 37.7 Å². The number of nitrogens with zero attached hydrogens (tertiary/aromatic N) is 1. The molecule has 2 aliphatic rings. The Balaban J connectivity index is 1.29. The molecule has 1 aromatic heterocycles. The molecule has 248 valence electrons. The van der Waals surface area contributed by atoms with Crippen LogP contribution < -0.4 is 4.90 Å². The van der Waals surface area contributed by atoms with Gasteiger partial charge in [0.2, 0.25) is 0 Å². The van der Waals surface area contributed by atoms with Crippen molar-refractivity contribution in [1.29, 1.82) is 0 Å². The fourth-order valence-corrected chi connectivity index (χ4v) is 10.3. The highest BCUT2D eigenvalue weighted by molar-refractivity contribution is 7.26. The van der Waals surface area contributed by atoms with Gasteiger partial charge in [-0.05, 0) is 111 Å². The van der Waals surface area contributed by atoms with Crippen LogP contribution in [0.25, 0.3) is 42.4 Å². The molecular formula is C48H45NS. The van der Waals surface area contributed by atoms with Crippen molar-refractivity contribution < 1.29 is 0 Å². The van der Waals surface area contributed by atoms with Gasteiger partial charge < -0.3 is 4.90 Å². The predicted octanol–water partition coefficient (Wildman–Crippen LogP) is 14.1. The quantitative estimate of drug-likeness (QED) is 0.181. The SMILES string of the molecule is Cc1cc(C)c2sc3c(N(c4ccc5c(c4)C(C)(C)c4ccccc4-5)c4ccc5c(c4)C(C)(C)c4cc(C(C)(C)C)ccc4-5)cccc3c2c1. The first-order valence-corrected chi connectivity index (χ1v) is 18.8. The van der Waals surface area contributed by atoms with Gasteiger partial charge in [-0.3, -0.25) is 0 Å². The zero-order valence-electron chi connectivity index (χ0n) is 30.7. The molecule has 0 saturated heterocycles. The normalized spacial score (nSPS) is 15.2. The number of hydrogen-bond acceptors (Lipinski definition) is 2. The summed E-state index contributed by atoms with van der Waals surface area (Å²) < 4.78 is 2.71. The highest BCUT2D eigenvalue weighted by Crippen LogP contribution is 2.54. The zero-order chi connectivity index (χ0) is 34.9. The average molecular weight is 668 g/mol. The Morgan fingerprint density at radius 2 is 1.10 bits per heavy atom. The van der Waals surface area contributed by atoms with Gasteiger partial charge in [0.05, 0.1) is 10.4 Å². The van der Waals surface area contributed by atoms with Crippen molar-refractivity contribution in [3.63, 3.8) is 0 Å². The van der Waals surface area contributed by atoms with Crippen LogP contribution in [0, 0.1) is 13.8 Å². The van der Waals surface area contributed by atoms with Gasteiger partial charge in [0.15, 0.2) is 0 Å². The fourth-order valence-electron chi connectivity index (χ4n) is 9.00. The second kappa shape index (κ2) is 10.4. The Labute approximate surface area is 301 Å². The minimum Gasteiger partial charge on any atom is -0.309 e. The lowest BCUT2D eigenvalue weighted by molar-refractivity contribution is 0.584. The smallest absolute Gasteiger partial charge is 0.0640 e. The summed E-state index contributed by atoms with van der Waals surface area (Å²) in [6.07, 6.45) is 0. The molecule has 2 aliphatic carbocycles. The summed E-state index contributed by atoms with van der Waals surface area (Å²) in [4.78, 5) is 2.54. The van der Waals surface area contributed by atoms with E-state index in [1.54, 1.807) is 0 Å². The molecule has 0 unspecified atom stereocenters. The van der Waals surface area contributed by atoms with Crippen LogP contribution >= 0.6 is 11.3 Å². The maximum Gasteiger partial charge on any atom is 0.0640 e. The van der Waals surface area contributed by atoms with Crippen LogP contribution in [0.2, 0.25) is 0 Å². The number of hydrogen-bond donors (Lipinski definition) is 0. The zero-order valence-corrected chi connectivity index (χ0v) is 31.6. The minimum atomic E-state index is -0.118. The molecule has 0 spiro atoms. The van der Waals surface area contributed by atoms with Crippen molar-refractivity contribution in [2.75, 3.05) is 4.90 Å². The summed E-state index contributed by atoms with van der Waals surface area (Å²) in [6.45, 7) is 21.0. The number of thiophene rings is 1. The van der Waals surface area contributed by atoms with Crippen molar-refractivity contribution in [2.45, 2.75) is 78.6 Å². The van der Waals surface area contributed by atoms with Gasteiger partial charge in [0.25, 0.3) is 0 Å². The van der Waals surface area contributed by atoms with Gasteiger partial charge in [-0.1, -0.05) is 127 Å². The predicted molar refractivity (Wildman–Crippen MR) is 217 cm³/mol. The molecule has 1 heterocycles. The van der Waals surface area contributed by atoms with Crippen molar-refractivity contribution in [1.82, 2.24) is 0 Å². The topological polar surface area (TPSA) is 3.24 Å². The number of benzene rings is 6. The molecule has 0 fully saturated rings. The molecule has 2 heteroatoms. The van der Waals surface area contributed by atoms with Crippen LogP contribution in [0.15, 0.2) is 109 Å². The Bertz CT molecular complexity index is 2550. The first-order chi connectivity index (χ1) is 23.7. The fraction of sp³-hybridized carbons (Fsp3) is 0.250. The summed E-state index contributed by atoms with van der Waals surface area (Å²) in [5.41, 5.74) is 18.6. The molecule has 1 nitrogen and oxygen atoms in total. The highest BCUT2D eigenvalue weighted by Gasteiger charge is 2.38. The Hall–Kier alpha value is -4.66. The van der Waals surface area contributed by atoms with E-state index in [1.807, 2.05) is 11.3 Å². The van der Waals surface area contributed by atoms with E-state index in [-0.39, 0.29) is 16.2 Å². The summed E-state index contributed by atoms with van der Waals surface area (Å²) in [7, 11) is 0. The summed E-state index contributed by atoms with van der Waals surface area (Å²) in [5.74, 6) is 0. The largest absolute Gasteiger partial charge is 0.309 e. The molecule has 9 rings (SSSR count). The molecule has 6 aromatic carbocycles. The molecule has 50 heavy (non-hydrogen) atoms. The molecule has 0 atom stereocenters. The molecular weight excluding hydrogens is 623 g/mol. The Morgan fingerprint density at radius 3 is 1.76 bits per heavy atom. The van der Waals surface area contributed by atoms with Crippen molar-refractivity contribution in [2.24, 2.45) is 0 Å². The summed E-state index contributed by atoms with van der Waals surface area (Å²) >= 11 is 1.93. The number of anilines is 3. The van der Waals surface area contributed by atoms with E-state index in [0.29, 0.717) is 0 Å². The molecule has 0 radical (unpaired) electrons. The standard InChI is InChI=1S/C48H45NS/c1-28-23-29(2)44-38(24-28)37-14-12-16-43(45(37)50-44)49(31-18-21-35-33-13-10-11-15-39(33)47(6,7)41(35)26-31)32-19-22-36-34-20-17-30(46(3,4)5)25-40(34)48(8,9)42(36)27-32/h10-27H,1-9H3. The molecule has 0 saturated carbocycles. The minimum absolute atomic E-state index is 0.0851. The van der Waals surface area contributed by atoms with E-state index in [2.05, 4.69) is 176 Å².